The summed E-state index contributed by atoms with van der Waals surface area (Å²) in [4.78, 5) is 12.6. The van der Waals surface area contributed by atoms with Crippen molar-refractivity contribution in [2.45, 2.75) is 405 Å². The summed E-state index contributed by atoms with van der Waals surface area (Å²) in [5.74, 6) is -0.275. The Morgan fingerprint density at radius 3 is 0.806 bits per heavy atom. The summed E-state index contributed by atoms with van der Waals surface area (Å²) in [5.41, 5.74) is 0. The number of rotatable bonds is 63. The van der Waals surface area contributed by atoms with Crippen molar-refractivity contribution >= 4 is 5.91 Å². The van der Waals surface area contributed by atoms with E-state index in [4.69, 9.17) is 0 Å². The van der Waals surface area contributed by atoms with E-state index in [1.165, 1.54) is 327 Å². The molecule has 0 aliphatic rings. The Bertz CT molecular complexity index is 1030. The second kappa shape index (κ2) is 62.6. The van der Waals surface area contributed by atoms with Crippen LogP contribution in [0.3, 0.4) is 0 Å². The lowest BCUT2D eigenvalue weighted by Crippen LogP contribution is -2.46. The van der Waals surface area contributed by atoms with Gasteiger partial charge in [0.2, 0.25) is 5.91 Å². The van der Waals surface area contributed by atoms with Crippen molar-refractivity contribution in [2.24, 2.45) is 0 Å². The fourth-order valence-corrected chi connectivity index (χ4v) is 11.0. The summed E-state index contributed by atoms with van der Waals surface area (Å²) in [6.45, 7) is 4.32. The quantitative estimate of drug-likeness (QED) is 0.0361. The SMILES string of the molecule is CCCCCCCCCCCCCCCCCCCC/C=C\CCCCCCCCCCCCCCCCCC(O)CC(=O)NC(CO)C(O)CCCCCCCCCCCCCCCCCCCCCC. The molecule has 5 heteroatoms. The zero-order valence-electron chi connectivity index (χ0n) is 49.4. The summed E-state index contributed by atoms with van der Waals surface area (Å²) < 4.78 is 0. The third-order valence-electron chi connectivity index (χ3n) is 16.1. The fourth-order valence-electron chi connectivity index (χ4n) is 11.0. The molecule has 0 bridgehead atoms. The second-order valence-corrected chi connectivity index (χ2v) is 23.4. The predicted molar refractivity (Wildman–Crippen MR) is 319 cm³/mol. The Kier molecular flexibility index (Phi) is 61.8. The van der Waals surface area contributed by atoms with Gasteiger partial charge in [-0.05, 0) is 38.5 Å². The van der Waals surface area contributed by atoms with E-state index in [0.29, 0.717) is 12.8 Å². The van der Waals surface area contributed by atoms with Gasteiger partial charge in [-0.2, -0.15) is 0 Å². The van der Waals surface area contributed by atoms with Crippen molar-refractivity contribution in [1.29, 1.82) is 0 Å². The van der Waals surface area contributed by atoms with Gasteiger partial charge in [-0.25, -0.2) is 0 Å². The summed E-state index contributed by atoms with van der Waals surface area (Å²) in [6.07, 6.45) is 80.0. The van der Waals surface area contributed by atoms with E-state index >= 15 is 0 Å². The van der Waals surface area contributed by atoms with E-state index < -0.39 is 18.2 Å². The Hall–Kier alpha value is -0.910. The molecule has 0 saturated heterocycles. The molecular weight excluding hydrogens is 883 g/mol. The summed E-state index contributed by atoms with van der Waals surface area (Å²) in [5, 5.41) is 33.7. The van der Waals surface area contributed by atoms with Crippen LogP contribution >= 0.6 is 0 Å². The number of aliphatic hydroxyl groups is 3. The number of carbonyl (C=O) groups excluding carboxylic acids is 1. The highest BCUT2D eigenvalue weighted by Gasteiger charge is 2.21. The Morgan fingerprint density at radius 2 is 0.556 bits per heavy atom. The first kappa shape index (κ1) is 71.1. The van der Waals surface area contributed by atoms with E-state index in [9.17, 15) is 20.1 Å². The number of hydrogen-bond donors (Lipinski definition) is 4. The molecule has 0 heterocycles. The first-order valence-electron chi connectivity index (χ1n) is 33.5. The number of allylic oxidation sites excluding steroid dienone is 2. The van der Waals surface area contributed by atoms with Crippen molar-refractivity contribution in [2.75, 3.05) is 6.61 Å². The lowest BCUT2D eigenvalue weighted by molar-refractivity contribution is -0.125. The number of nitrogens with one attached hydrogen (secondary N) is 1. The van der Waals surface area contributed by atoms with Crippen LogP contribution in [0.15, 0.2) is 12.2 Å². The third-order valence-corrected chi connectivity index (χ3v) is 16.1. The van der Waals surface area contributed by atoms with E-state index in [1.807, 2.05) is 0 Å². The Morgan fingerprint density at radius 1 is 0.333 bits per heavy atom. The minimum absolute atomic E-state index is 0.0415. The van der Waals surface area contributed by atoms with Gasteiger partial charge in [-0.3, -0.25) is 4.79 Å². The van der Waals surface area contributed by atoms with Crippen molar-refractivity contribution in [3.63, 3.8) is 0 Å². The highest BCUT2D eigenvalue weighted by Crippen LogP contribution is 2.19. The molecule has 3 atom stereocenters. The molecule has 72 heavy (non-hydrogen) atoms. The maximum Gasteiger partial charge on any atom is 0.222 e. The van der Waals surface area contributed by atoms with Crippen LogP contribution in [-0.4, -0.2) is 46.1 Å². The van der Waals surface area contributed by atoms with Crippen molar-refractivity contribution in [1.82, 2.24) is 5.32 Å². The molecule has 5 nitrogen and oxygen atoms in total. The molecule has 4 N–H and O–H groups in total. The van der Waals surface area contributed by atoms with Crippen LogP contribution in [0.2, 0.25) is 0 Å². The van der Waals surface area contributed by atoms with Crippen LogP contribution in [0.1, 0.15) is 386 Å². The van der Waals surface area contributed by atoms with Gasteiger partial charge in [0, 0.05) is 0 Å². The Balaban J connectivity index is 3.43. The summed E-state index contributed by atoms with van der Waals surface area (Å²) in [7, 11) is 0. The average Bonchev–Trinajstić information content (AvgIpc) is 3.38. The van der Waals surface area contributed by atoms with E-state index in [1.54, 1.807) is 0 Å². The van der Waals surface area contributed by atoms with Crippen LogP contribution < -0.4 is 5.32 Å². The summed E-state index contributed by atoms with van der Waals surface area (Å²) in [6, 6.07) is -0.657. The average molecular weight is 1020 g/mol. The molecular formula is C67H133NO4. The van der Waals surface area contributed by atoms with E-state index in [2.05, 4.69) is 31.3 Å². The zero-order valence-corrected chi connectivity index (χ0v) is 49.4. The van der Waals surface area contributed by atoms with E-state index in [0.717, 1.165) is 25.7 Å². The van der Waals surface area contributed by atoms with Gasteiger partial charge in [0.05, 0.1) is 31.3 Å². The maximum atomic E-state index is 12.6. The van der Waals surface area contributed by atoms with Gasteiger partial charge in [-0.15, -0.1) is 0 Å². The lowest BCUT2D eigenvalue weighted by Gasteiger charge is -2.23. The highest BCUT2D eigenvalue weighted by atomic mass is 16.3. The minimum Gasteiger partial charge on any atom is -0.394 e. The van der Waals surface area contributed by atoms with Gasteiger partial charge >= 0.3 is 0 Å². The lowest BCUT2D eigenvalue weighted by atomic mass is 10.0. The van der Waals surface area contributed by atoms with Gasteiger partial charge < -0.3 is 20.6 Å². The molecule has 3 unspecified atom stereocenters. The first-order chi connectivity index (χ1) is 35.5. The fraction of sp³-hybridized carbons (Fsp3) is 0.955. The van der Waals surface area contributed by atoms with E-state index in [-0.39, 0.29) is 18.9 Å². The highest BCUT2D eigenvalue weighted by molar-refractivity contribution is 5.76. The summed E-state index contributed by atoms with van der Waals surface area (Å²) >= 11 is 0. The molecule has 0 saturated carbocycles. The molecule has 0 aromatic heterocycles. The third kappa shape index (κ3) is 58.4. The molecule has 1 amide bonds. The van der Waals surface area contributed by atoms with Crippen LogP contribution in [0.4, 0.5) is 0 Å². The van der Waals surface area contributed by atoms with Crippen molar-refractivity contribution in [3.05, 3.63) is 12.2 Å². The maximum absolute atomic E-state index is 12.6. The monoisotopic (exact) mass is 1020 g/mol. The van der Waals surface area contributed by atoms with Gasteiger partial charge in [0.25, 0.3) is 0 Å². The second-order valence-electron chi connectivity index (χ2n) is 23.4. The smallest absolute Gasteiger partial charge is 0.222 e. The largest absolute Gasteiger partial charge is 0.394 e. The molecule has 0 spiro atoms. The zero-order chi connectivity index (χ0) is 52.2. The normalized spacial score (nSPS) is 13.1. The van der Waals surface area contributed by atoms with Crippen LogP contribution in [-0.2, 0) is 4.79 Å². The molecule has 430 valence electrons. The molecule has 0 radical (unpaired) electrons. The number of aliphatic hydroxyl groups excluding tert-OH is 3. The number of amides is 1. The molecule has 0 fully saturated rings. The number of carbonyl (C=O) groups is 1. The van der Waals surface area contributed by atoms with Crippen molar-refractivity contribution < 1.29 is 20.1 Å². The predicted octanol–water partition coefficient (Wildman–Crippen LogP) is 21.4. The van der Waals surface area contributed by atoms with Gasteiger partial charge in [0.1, 0.15) is 0 Å². The van der Waals surface area contributed by atoms with Crippen molar-refractivity contribution in [3.8, 4) is 0 Å². The first-order valence-corrected chi connectivity index (χ1v) is 33.5. The number of unbranched alkanes of at least 4 members (excludes halogenated alkanes) is 52. The van der Waals surface area contributed by atoms with Gasteiger partial charge in [-0.1, -0.05) is 353 Å². The molecule has 0 rings (SSSR count). The van der Waals surface area contributed by atoms with Crippen LogP contribution in [0.5, 0.6) is 0 Å². The number of hydrogen-bond acceptors (Lipinski definition) is 4. The topological polar surface area (TPSA) is 89.8 Å². The molecule has 0 aromatic carbocycles. The molecule has 0 aliphatic carbocycles. The van der Waals surface area contributed by atoms with Crippen LogP contribution in [0, 0.1) is 0 Å². The van der Waals surface area contributed by atoms with Crippen LogP contribution in [0.25, 0.3) is 0 Å². The molecule has 0 aliphatic heterocycles. The minimum atomic E-state index is -0.748. The van der Waals surface area contributed by atoms with Gasteiger partial charge in [0.15, 0.2) is 0 Å². The standard InChI is InChI=1S/C67H133NO4/c1-3-5-7-9-11-13-15-17-19-21-23-25-26-27-28-29-30-31-32-33-34-35-36-37-38-39-40-41-42-44-46-48-50-52-54-56-58-60-64(70)62-67(72)68-65(63-69)66(71)61-59-57-55-53-51-49-47-45-43-24-22-20-18-16-14-12-10-8-6-4-2/h33-34,64-66,69-71H,3-32,35-63H2,1-2H3,(H,68,72)/b34-33-. The Labute approximate surface area is 452 Å². The molecule has 0 aromatic rings.